The van der Waals surface area contributed by atoms with E-state index >= 15 is 0 Å². The maximum absolute atomic E-state index is 13.5. The van der Waals surface area contributed by atoms with Gasteiger partial charge in [0.05, 0.1) is 33.7 Å². The van der Waals surface area contributed by atoms with E-state index in [4.69, 9.17) is 14.3 Å². The third-order valence-corrected chi connectivity index (χ3v) is 8.04. The van der Waals surface area contributed by atoms with E-state index in [0.29, 0.717) is 12.0 Å². The van der Waals surface area contributed by atoms with Gasteiger partial charge in [-0.15, -0.1) is 5.01 Å². The lowest BCUT2D eigenvalue weighted by Crippen LogP contribution is -2.54. The molecule has 1 unspecified atom stereocenters. The smallest absolute Gasteiger partial charge is 0.435 e. The summed E-state index contributed by atoms with van der Waals surface area (Å²) in [6, 6.07) is 11.7. The number of carbonyl (C=O) groups is 2. The fourth-order valence-electron chi connectivity index (χ4n) is 4.08. The molecule has 1 saturated heterocycles. The van der Waals surface area contributed by atoms with Crippen molar-refractivity contribution in [1.82, 2.24) is 19.5 Å². The molecule has 0 saturated carbocycles. The topological polar surface area (TPSA) is 167 Å². The van der Waals surface area contributed by atoms with E-state index in [1.54, 1.807) is 42.8 Å². The van der Waals surface area contributed by atoms with Crippen LogP contribution in [-0.4, -0.2) is 65.7 Å². The van der Waals surface area contributed by atoms with Crippen LogP contribution in [0.1, 0.15) is 38.4 Å². The number of hydrazine groups is 1. The van der Waals surface area contributed by atoms with E-state index in [1.165, 1.54) is 19.1 Å². The maximum atomic E-state index is 13.5. The Hall–Kier alpha value is -4.87. The van der Waals surface area contributed by atoms with Crippen LogP contribution in [-0.2, 0) is 35.3 Å². The summed E-state index contributed by atoms with van der Waals surface area (Å²) in [5.41, 5.74) is 0.512. The van der Waals surface area contributed by atoms with E-state index in [-0.39, 0.29) is 34.4 Å². The highest BCUT2D eigenvalue weighted by Crippen LogP contribution is 2.33. The fraction of sp³-hybridized carbons (Fsp3) is 0.393. The molecule has 3 aromatic rings. The van der Waals surface area contributed by atoms with Crippen molar-refractivity contribution >= 4 is 22.1 Å². The van der Waals surface area contributed by atoms with Crippen LogP contribution in [0.5, 0.6) is 0 Å². The number of amides is 1. The molecule has 0 spiro atoms. The van der Waals surface area contributed by atoms with Crippen molar-refractivity contribution in [3.05, 3.63) is 71.1 Å². The maximum Gasteiger partial charge on any atom is 0.435 e. The first kappa shape index (κ1) is 34.0. The molecule has 248 valence electrons. The predicted molar refractivity (Wildman–Crippen MR) is 153 cm³/mol. The molecule has 18 heteroatoms. The van der Waals surface area contributed by atoms with Gasteiger partial charge in [-0.1, -0.05) is 43.7 Å². The molecule has 2 heterocycles. The van der Waals surface area contributed by atoms with Crippen molar-refractivity contribution in [2.45, 2.75) is 57.5 Å². The molecule has 1 aromatic heterocycles. The van der Waals surface area contributed by atoms with Gasteiger partial charge >= 0.3 is 18.2 Å². The number of halogens is 3. The Balaban J connectivity index is 1.37. The summed E-state index contributed by atoms with van der Waals surface area (Å²) < 4.78 is 78.8. The third-order valence-electron chi connectivity index (χ3n) is 6.71. The average Bonchev–Trinajstić information content (AvgIpc) is 3.42. The number of carbonyl (C=O) groups excluding carboxylic acids is 2. The van der Waals surface area contributed by atoms with Crippen LogP contribution < -0.4 is 4.72 Å². The summed E-state index contributed by atoms with van der Waals surface area (Å²) in [5, 5.41) is 20.4. The zero-order valence-corrected chi connectivity index (χ0v) is 25.9. The summed E-state index contributed by atoms with van der Waals surface area (Å²) in [5.74, 6) is -0.951. The van der Waals surface area contributed by atoms with Crippen LogP contribution in [0.4, 0.5) is 18.0 Å². The first-order chi connectivity index (χ1) is 21.5. The Morgan fingerprint density at radius 2 is 1.78 bits per heavy atom. The number of rotatable bonds is 11. The van der Waals surface area contributed by atoms with Gasteiger partial charge in [0.1, 0.15) is 12.6 Å². The highest BCUT2D eigenvalue weighted by Gasteiger charge is 2.37. The van der Waals surface area contributed by atoms with Crippen molar-refractivity contribution < 1.29 is 50.5 Å². The van der Waals surface area contributed by atoms with Crippen molar-refractivity contribution in [1.29, 1.82) is 0 Å². The van der Waals surface area contributed by atoms with Crippen LogP contribution >= 0.6 is 0 Å². The average molecular weight is 669 g/mol. The van der Waals surface area contributed by atoms with Crippen molar-refractivity contribution in [2.24, 2.45) is 11.2 Å². The Labute approximate surface area is 261 Å². The lowest BCUT2D eigenvalue weighted by atomic mass is 10.1. The fourth-order valence-corrected chi connectivity index (χ4v) is 4.97. The molecule has 0 radical (unpaired) electrons. The third kappa shape index (κ3) is 8.23. The van der Waals surface area contributed by atoms with Crippen LogP contribution in [0, 0.1) is 18.0 Å². The molecule has 1 aliphatic rings. The zero-order valence-electron chi connectivity index (χ0n) is 25.1. The first-order valence-electron chi connectivity index (χ1n) is 13.9. The number of alkyl halides is 3. The summed E-state index contributed by atoms with van der Waals surface area (Å²) in [6.07, 6.45) is -6.74. The van der Waals surface area contributed by atoms with Gasteiger partial charge in [0, 0.05) is 12.5 Å². The predicted octanol–water partition coefficient (Wildman–Crippen LogP) is 4.71. The van der Waals surface area contributed by atoms with Crippen molar-refractivity contribution in [3.63, 3.8) is 0 Å². The number of nitrogens with zero attached hydrogens (tertiary/aromatic N) is 5. The largest absolute Gasteiger partial charge is 0.569 e. The molecule has 14 nitrogen and oxygen atoms in total. The first-order valence-corrected chi connectivity index (χ1v) is 15.4. The second-order valence-electron chi connectivity index (χ2n) is 10.6. The molecule has 46 heavy (non-hydrogen) atoms. The lowest BCUT2D eigenvalue weighted by molar-refractivity contribution is -0.734. The minimum absolute atomic E-state index is 0.106. The SMILES string of the molecule is Cc1ccc(-c2cc(C(F)(F)F)nn2-c2ccc(S(=O)(=O)NC(=O)OC[C@@H]3CCN3/[N+]([O-])=N\OC(C)OC(=O)C(C)C)cc2)cc1. The molecule has 0 aliphatic carbocycles. The monoisotopic (exact) mass is 668 g/mol. The minimum atomic E-state index is -4.72. The number of ether oxygens (including phenoxy) is 2. The van der Waals surface area contributed by atoms with Crippen LogP contribution in [0.15, 0.2) is 64.8 Å². The van der Waals surface area contributed by atoms with Crippen LogP contribution in [0.2, 0.25) is 0 Å². The molecule has 2 aromatic carbocycles. The van der Waals surface area contributed by atoms with Crippen molar-refractivity contribution in [3.8, 4) is 16.9 Å². The normalized spacial score (nSPS) is 16.0. The Morgan fingerprint density at radius 1 is 1.13 bits per heavy atom. The highest BCUT2D eigenvalue weighted by molar-refractivity contribution is 7.90. The molecule has 1 amide bonds. The van der Waals surface area contributed by atoms with Gasteiger partial charge in [0.15, 0.2) is 5.69 Å². The number of aromatic nitrogens is 2. The quantitative estimate of drug-likeness (QED) is 0.0994. The number of nitrogens with one attached hydrogen (secondary N) is 1. The molecule has 1 N–H and O–H groups in total. The second-order valence-corrected chi connectivity index (χ2v) is 12.3. The summed E-state index contributed by atoms with van der Waals surface area (Å²) >= 11 is 0. The molecule has 1 aliphatic heterocycles. The number of esters is 1. The summed E-state index contributed by atoms with van der Waals surface area (Å²) in [7, 11) is -4.44. The Bertz CT molecular complexity index is 1690. The molecule has 1 fully saturated rings. The van der Waals surface area contributed by atoms with Gasteiger partial charge in [0.2, 0.25) is 5.28 Å². The molecule has 2 atom stereocenters. The van der Waals surface area contributed by atoms with E-state index in [1.807, 2.05) is 6.92 Å². The zero-order chi connectivity index (χ0) is 33.8. The standard InChI is InChI=1S/C28H31F3N6O8S/c1-17(2)26(38)44-19(4)45-34-37(40)35-14-13-22(35)16-43-27(39)33-46(41,42)23-11-9-21(10-12-23)36-24(15-25(32-36)28(29,30)31)20-7-5-18(3)6-8-20/h5-12,15,17,19,22H,13-14,16H2,1-4H3,(H,33,39)/b37-34+/t19?,22-/m0/s1. The lowest BCUT2D eigenvalue weighted by Gasteiger charge is -2.34. The summed E-state index contributed by atoms with van der Waals surface area (Å²) in [4.78, 5) is 28.5. The Morgan fingerprint density at radius 3 is 2.35 bits per heavy atom. The molecular weight excluding hydrogens is 637 g/mol. The van der Waals surface area contributed by atoms with Crippen molar-refractivity contribution in [2.75, 3.05) is 13.2 Å². The highest BCUT2D eigenvalue weighted by atomic mass is 32.2. The number of hydrogen-bond donors (Lipinski definition) is 1. The second kappa shape index (κ2) is 13.6. The van der Waals surface area contributed by atoms with Gasteiger partial charge in [-0.3, -0.25) is 9.63 Å². The molecule has 0 bridgehead atoms. The molecular formula is C28H31F3N6O8S. The van der Waals surface area contributed by atoms with Gasteiger partial charge < -0.3 is 14.7 Å². The number of hydrogen-bond acceptors (Lipinski definition) is 10. The van der Waals surface area contributed by atoms with E-state index < -0.39 is 52.2 Å². The van der Waals surface area contributed by atoms with Crippen LogP contribution in [0.3, 0.4) is 0 Å². The van der Waals surface area contributed by atoms with E-state index in [9.17, 15) is 36.4 Å². The number of benzene rings is 2. The molecule has 4 rings (SSSR count). The van der Waals surface area contributed by atoms with E-state index in [2.05, 4.69) is 10.4 Å². The van der Waals surface area contributed by atoms with Gasteiger partial charge in [-0.05, 0) is 43.7 Å². The minimum Gasteiger partial charge on any atom is -0.569 e. The van der Waals surface area contributed by atoms with Crippen LogP contribution in [0.25, 0.3) is 16.9 Å². The van der Waals surface area contributed by atoms with Gasteiger partial charge in [0.25, 0.3) is 16.3 Å². The van der Waals surface area contributed by atoms with E-state index in [0.717, 1.165) is 33.5 Å². The summed E-state index contributed by atoms with van der Waals surface area (Å²) in [6.45, 7) is 6.32. The number of sulfonamides is 1. The number of aryl methyl sites for hydroxylation is 1. The van der Waals surface area contributed by atoms with Gasteiger partial charge in [-0.25, -0.2) is 22.6 Å². The Kier molecular flexibility index (Phi) is 10.1. The van der Waals surface area contributed by atoms with Gasteiger partial charge in [-0.2, -0.15) is 18.3 Å².